The van der Waals surface area contributed by atoms with Crippen molar-refractivity contribution >= 4 is 11.8 Å². The average molecular weight is 255 g/mol. The summed E-state index contributed by atoms with van der Waals surface area (Å²) in [5, 5.41) is 5.42. The maximum atomic E-state index is 3.57. The summed E-state index contributed by atoms with van der Waals surface area (Å²) in [7, 11) is 2.16. The van der Waals surface area contributed by atoms with Crippen LogP contribution in [0.5, 0.6) is 0 Å². The largest absolute Gasteiger partial charge is 0.316 e. The highest BCUT2D eigenvalue weighted by atomic mass is 32.2. The van der Waals surface area contributed by atoms with Crippen LogP contribution in [0.4, 0.5) is 0 Å². The van der Waals surface area contributed by atoms with Crippen molar-refractivity contribution in [1.82, 2.24) is 5.32 Å². The molecule has 0 aliphatic heterocycles. The molecule has 0 aromatic rings. The van der Waals surface area contributed by atoms with Crippen LogP contribution < -0.4 is 5.32 Å². The third-order valence-corrected chi connectivity index (χ3v) is 6.31. The Balaban J connectivity index is 1.85. The van der Waals surface area contributed by atoms with E-state index in [-0.39, 0.29) is 0 Å². The van der Waals surface area contributed by atoms with Gasteiger partial charge in [-0.3, -0.25) is 0 Å². The molecule has 2 aliphatic rings. The lowest BCUT2D eigenvalue weighted by atomic mass is 9.90. The fourth-order valence-electron chi connectivity index (χ4n) is 3.52. The molecule has 2 rings (SSSR count). The molecule has 0 radical (unpaired) electrons. The summed E-state index contributed by atoms with van der Waals surface area (Å²) in [6.45, 7) is 2.44. The van der Waals surface area contributed by atoms with E-state index in [1.54, 1.807) is 0 Å². The molecule has 4 atom stereocenters. The Morgan fingerprint density at radius 3 is 2.53 bits per heavy atom. The Kier molecular flexibility index (Phi) is 5.68. The summed E-state index contributed by atoms with van der Waals surface area (Å²) in [5.74, 6) is 0.972. The van der Waals surface area contributed by atoms with E-state index in [4.69, 9.17) is 0 Å². The molecular weight excluding hydrogens is 226 g/mol. The van der Waals surface area contributed by atoms with Crippen LogP contribution in [0.3, 0.4) is 0 Å². The zero-order valence-electron chi connectivity index (χ0n) is 11.6. The molecule has 0 bridgehead atoms. The first-order chi connectivity index (χ1) is 8.29. The van der Waals surface area contributed by atoms with Crippen molar-refractivity contribution in [3.63, 3.8) is 0 Å². The second-order valence-corrected chi connectivity index (χ2v) is 7.65. The molecule has 0 amide bonds. The topological polar surface area (TPSA) is 12.0 Å². The molecule has 2 fully saturated rings. The van der Waals surface area contributed by atoms with Gasteiger partial charge in [-0.25, -0.2) is 0 Å². The standard InChI is InChI=1S/C15H29NS/c1-12-7-6-8-13(11-12)17-15-10-5-3-4-9-14(15)16-2/h12-16H,3-11H2,1-2H3. The van der Waals surface area contributed by atoms with E-state index in [1.165, 1.54) is 57.8 Å². The molecule has 2 heteroatoms. The average Bonchev–Trinajstić information content (AvgIpc) is 2.54. The number of nitrogens with one attached hydrogen (secondary N) is 1. The molecule has 0 aromatic carbocycles. The summed E-state index contributed by atoms with van der Waals surface area (Å²) in [5.41, 5.74) is 0. The number of thioether (sulfide) groups is 1. The molecule has 1 nitrogen and oxygen atoms in total. The molecule has 2 saturated carbocycles. The maximum absolute atomic E-state index is 3.57. The van der Waals surface area contributed by atoms with Crippen molar-refractivity contribution < 1.29 is 0 Å². The summed E-state index contributed by atoms with van der Waals surface area (Å²) < 4.78 is 0. The Morgan fingerprint density at radius 2 is 1.76 bits per heavy atom. The highest BCUT2D eigenvalue weighted by molar-refractivity contribution is 8.00. The first-order valence-corrected chi connectivity index (χ1v) is 8.56. The maximum Gasteiger partial charge on any atom is 0.0203 e. The van der Waals surface area contributed by atoms with E-state index in [0.29, 0.717) is 0 Å². The van der Waals surface area contributed by atoms with Gasteiger partial charge in [-0.2, -0.15) is 11.8 Å². The predicted octanol–water partition coefficient (Wildman–Crippen LogP) is 4.22. The highest BCUT2D eigenvalue weighted by Gasteiger charge is 2.28. The summed E-state index contributed by atoms with van der Waals surface area (Å²) >= 11 is 2.33. The van der Waals surface area contributed by atoms with Gasteiger partial charge in [0.05, 0.1) is 0 Å². The van der Waals surface area contributed by atoms with Crippen LogP contribution in [0.15, 0.2) is 0 Å². The molecular formula is C15H29NS. The first-order valence-electron chi connectivity index (χ1n) is 7.62. The molecule has 2 aliphatic carbocycles. The van der Waals surface area contributed by atoms with E-state index in [1.807, 2.05) is 0 Å². The molecule has 0 aromatic heterocycles. The normalized spacial score (nSPS) is 39.9. The van der Waals surface area contributed by atoms with Crippen LogP contribution in [0.2, 0.25) is 0 Å². The minimum absolute atomic E-state index is 0.778. The van der Waals surface area contributed by atoms with E-state index in [0.717, 1.165) is 22.5 Å². The Morgan fingerprint density at radius 1 is 0.941 bits per heavy atom. The van der Waals surface area contributed by atoms with Gasteiger partial charge >= 0.3 is 0 Å². The van der Waals surface area contributed by atoms with E-state index >= 15 is 0 Å². The molecule has 0 heterocycles. The molecule has 4 unspecified atom stereocenters. The van der Waals surface area contributed by atoms with Crippen molar-refractivity contribution in [2.24, 2.45) is 5.92 Å². The van der Waals surface area contributed by atoms with Gasteiger partial charge in [-0.05, 0) is 38.6 Å². The van der Waals surface area contributed by atoms with Crippen molar-refractivity contribution in [2.45, 2.75) is 81.3 Å². The third-order valence-electron chi connectivity index (χ3n) is 4.58. The van der Waals surface area contributed by atoms with E-state index in [2.05, 4.69) is 31.1 Å². The molecule has 1 N–H and O–H groups in total. The minimum atomic E-state index is 0.778. The lowest BCUT2D eigenvalue weighted by molar-refractivity contribution is 0.392. The fraction of sp³-hybridized carbons (Fsp3) is 1.00. The van der Waals surface area contributed by atoms with Crippen LogP contribution in [0.25, 0.3) is 0 Å². The van der Waals surface area contributed by atoms with Gasteiger partial charge in [0.15, 0.2) is 0 Å². The lowest BCUT2D eigenvalue weighted by Crippen LogP contribution is -2.36. The van der Waals surface area contributed by atoms with Gasteiger partial charge in [0.2, 0.25) is 0 Å². The van der Waals surface area contributed by atoms with Crippen LogP contribution >= 0.6 is 11.8 Å². The SMILES string of the molecule is CNC1CCCCCC1SC1CCCC(C)C1. The van der Waals surface area contributed by atoms with Gasteiger partial charge in [-0.1, -0.05) is 39.0 Å². The second-order valence-electron chi connectivity index (χ2n) is 6.10. The summed E-state index contributed by atoms with van der Waals surface area (Å²) in [6.07, 6.45) is 13.1. The van der Waals surface area contributed by atoms with Crippen LogP contribution in [-0.2, 0) is 0 Å². The van der Waals surface area contributed by atoms with Crippen LogP contribution in [-0.4, -0.2) is 23.6 Å². The molecule has 0 spiro atoms. The zero-order chi connectivity index (χ0) is 12.1. The summed E-state index contributed by atoms with van der Waals surface area (Å²) in [4.78, 5) is 0. The second kappa shape index (κ2) is 7.04. The van der Waals surface area contributed by atoms with Gasteiger partial charge in [0.1, 0.15) is 0 Å². The van der Waals surface area contributed by atoms with Gasteiger partial charge < -0.3 is 5.32 Å². The minimum Gasteiger partial charge on any atom is -0.316 e. The Labute approximate surface area is 112 Å². The third kappa shape index (κ3) is 4.17. The molecule has 17 heavy (non-hydrogen) atoms. The number of hydrogen-bond acceptors (Lipinski definition) is 2. The van der Waals surface area contributed by atoms with Gasteiger partial charge in [0, 0.05) is 16.5 Å². The quantitative estimate of drug-likeness (QED) is 0.758. The Hall–Kier alpha value is 0.310. The van der Waals surface area contributed by atoms with E-state index in [9.17, 15) is 0 Å². The van der Waals surface area contributed by atoms with Crippen LogP contribution in [0, 0.1) is 5.92 Å². The summed E-state index contributed by atoms with van der Waals surface area (Å²) in [6, 6.07) is 0.778. The van der Waals surface area contributed by atoms with Gasteiger partial charge in [-0.15, -0.1) is 0 Å². The monoisotopic (exact) mass is 255 g/mol. The number of rotatable bonds is 3. The lowest BCUT2D eigenvalue weighted by Gasteiger charge is -2.32. The van der Waals surface area contributed by atoms with Crippen molar-refractivity contribution in [3.05, 3.63) is 0 Å². The van der Waals surface area contributed by atoms with Crippen LogP contribution in [0.1, 0.15) is 64.7 Å². The van der Waals surface area contributed by atoms with Crippen molar-refractivity contribution in [2.75, 3.05) is 7.05 Å². The molecule has 100 valence electrons. The Bertz CT molecular complexity index is 219. The predicted molar refractivity (Wildman–Crippen MR) is 78.7 cm³/mol. The fourth-order valence-corrected chi connectivity index (χ4v) is 5.52. The zero-order valence-corrected chi connectivity index (χ0v) is 12.4. The van der Waals surface area contributed by atoms with Gasteiger partial charge in [0.25, 0.3) is 0 Å². The van der Waals surface area contributed by atoms with Crippen molar-refractivity contribution in [3.8, 4) is 0 Å². The number of hydrogen-bond donors (Lipinski definition) is 1. The van der Waals surface area contributed by atoms with E-state index < -0.39 is 0 Å². The smallest absolute Gasteiger partial charge is 0.0203 e. The first kappa shape index (κ1) is 13.7. The highest BCUT2D eigenvalue weighted by Crippen LogP contribution is 2.38. The van der Waals surface area contributed by atoms with Crippen molar-refractivity contribution in [1.29, 1.82) is 0 Å². The molecule has 0 saturated heterocycles.